The molecule has 0 amide bonds. The zero-order chi connectivity index (χ0) is 25.8. The number of nitrogens with zero attached hydrogens (tertiary/aromatic N) is 2. The molecule has 4 aromatic rings. The van der Waals surface area contributed by atoms with Gasteiger partial charge in [-0.05, 0) is 74.8 Å². The summed E-state index contributed by atoms with van der Waals surface area (Å²) in [5, 5.41) is 0.993. The fourth-order valence-electron chi connectivity index (χ4n) is 5.77. The van der Waals surface area contributed by atoms with Gasteiger partial charge in [-0.15, -0.1) is 0 Å². The number of rotatable bonds is 6. The first kappa shape index (κ1) is 24.7. The monoisotopic (exact) mass is 497 g/mol. The van der Waals surface area contributed by atoms with Crippen LogP contribution in [0.15, 0.2) is 46.9 Å². The molecule has 2 heterocycles. The Bertz CT molecular complexity index is 1370. The average molecular weight is 498 g/mol. The Hall–Kier alpha value is -2.96. The van der Waals surface area contributed by atoms with E-state index in [1.807, 2.05) is 44.2 Å². The maximum Gasteiger partial charge on any atom is 0.298 e. The molecule has 0 radical (unpaired) electrons. The van der Waals surface area contributed by atoms with Crippen molar-refractivity contribution in [1.29, 1.82) is 0 Å². The van der Waals surface area contributed by atoms with Crippen LogP contribution in [0.25, 0.3) is 33.3 Å². The van der Waals surface area contributed by atoms with Crippen molar-refractivity contribution in [3.63, 3.8) is 0 Å². The number of hydrogen-bond donors (Lipinski definition) is 1. The lowest BCUT2D eigenvalue weighted by Crippen LogP contribution is -2.53. The summed E-state index contributed by atoms with van der Waals surface area (Å²) in [6, 6.07) is 13.7. The number of halogens is 3. The number of anilines is 1. The Morgan fingerprint density at radius 1 is 1.08 bits per heavy atom. The molecule has 1 N–H and O–H groups in total. The zero-order valence-electron chi connectivity index (χ0n) is 21.5. The van der Waals surface area contributed by atoms with Crippen molar-refractivity contribution in [3.05, 3.63) is 48.0 Å². The summed E-state index contributed by atoms with van der Waals surface area (Å²) in [4.78, 5) is 10.2. The molecular weight excluding hydrogens is 463 g/mol. The first-order chi connectivity index (χ1) is 17.1. The second-order valence-corrected chi connectivity index (χ2v) is 10.6. The van der Waals surface area contributed by atoms with E-state index in [4.69, 9.17) is 9.40 Å². The minimum atomic E-state index is -3.43. The van der Waals surface area contributed by atoms with Crippen LogP contribution in [0.1, 0.15) is 58.9 Å². The average Bonchev–Trinajstić information content (AvgIpc) is 3.46. The Morgan fingerprint density at radius 3 is 2.42 bits per heavy atom. The minimum absolute atomic E-state index is 0.0384. The van der Waals surface area contributed by atoms with Crippen molar-refractivity contribution < 1.29 is 17.6 Å². The van der Waals surface area contributed by atoms with Crippen LogP contribution < -0.4 is 4.90 Å². The molecule has 3 unspecified atom stereocenters. The normalized spacial score (nSPS) is 24.1. The lowest BCUT2D eigenvalue weighted by molar-refractivity contribution is -0.186. The number of benzene rings is 2. The third-order valence-corrected chi connectivity index (χ3v) is 8.07. The molecule has 0 saturated heterocycles. The molecular formula is C29H34F3N3O. The second-order valence-electron chi connectivity index (χ2n) is 10.6. The lowest BCUT2D eigenvalue weighted by Gasteiger charge is -2.46. The van der Waals surface area contributed by atoms with Crippen molar-refractivity contribution in [1.82, 2.24) is 9.97 Å². The summed E-state index contributed by atoms with van der Waals surface area (Å²) in [5.74, 6) is -4.81. The molecule has 3 atom stereocenters. The summed E-state index contributed by atoms with van der Waals surface area (Å²) in [6.45, 7) is 10.7. The van der Waals surface area contributed by atoms with Crippen LogP contribution in [-0.2, 0) is 0 Å². The van der Waals surface area contributed by atoms with E-state index in [0.29, 0.717) is 23.6 Å². The molecule has 2 aromatic carbocycles. The van der Waals surface area contributed by atoms with E-state index in [9.17, 15) is 4.39 Å². The van der Waals surface area contributed by atoms with E-state index < -0.39 is 17.5 Å². The van der Waals surface area contributed by atoms with E-state index in [-0.39, 0.29) is 18.3 Å². The highest BCUT2D eigenvalue weighted by molar-refractivity contribution is 6.03. The van der Waals surface area contributed by atoms with E-state index in [2.05, 4.69) is 23.7 Å². The van der Waals surface area contributed by atoms with Gasteiger partial charge in [0.15, 0.2) is 11.3 Å². The number of oxazole rings is 1. The van der Waals surface area contributed by atoms with E-state index in [0.717, 1.165) is 47.7 Å². The van der Waals surface area contributed by atoms with Crippen LogP contribution in [-0.4, -0.2) is 34.6 Å². The molecule has 1 aliphatic carbocycles. The van der Waals surface area contributed by atoms with Crippen LogP contribution in [0.5, 0.6) is 0 Å². The van der Waals surface area contributed by atoms with Gasteiger partial charge >= 0.3 is 0 Å². The highest BCUT2D eigenvalue weighted by Gasteiger charge is 2.62. The fraction of sp³-hybridized carbons (Fsp3) is 0.483. The topological polar surface area (TPSA) is 45.1 Å². The Morgan fingerprint density at radius 2 is 1.78 bits per heavy atom. The van der Waals surface area contributed by atoms with Gasteiger partial charge in [0, 0.05) is 24.2 Å². The predicted molar refractivity (Wildman–Crippen MR) is 140 cm³/mol. The summed E-state index contributed by atoms with van der Waals surface area (Å²) >= 11 is 0. The van der Waals surface area contributed by atoms with Crippen molar-refractivity contribution in [2.24, 2.45) is 11.8 Å². The number of fused-ring (bicyclic) bond motifs is 3. The number of nitrogens with one attached hydrogen (secondary N) is 1. The third-order valence-electron chi connectivity index (χ3n) is 8.07. The largest absolute Gasteiger partial charge is 0.423 e. The molecule has 1 saturated carbocycles. The van der Waals surface area contributed by atoms with Crippen molar-refractivity contribution in [3.8, 4) is 11.3 Å². The predicted octanol–water partition coefficient (Wildman–Crippen LogP) is 8.34. The first-order valence-electron chi connectivity index (χ1n) is 12.9. The first-order valence-corrected chi connectivity index (χ1v) is 12.9. The Labute approximate surface area is 209 Å². The van der Waals surface area contributed by atoms with Crippen molar-refractivity contribution >= 4 is 28.0 Å². The number of aromatic nitrogens is 2. The summed E-state index contributed by atoms with van der Waals surface area (Å²) in [5.41, 5.74) is 2.07. The van der Waals surface area contributed by atoms with Crippen LogP contribution in [0.3, 0.4) is 0 Å². The molecule has 1 fully saturated rings. The van der Waals surface area contributed by atoms with Crippen LogP contribution in [0, 0.1) is 11.8 Å². The van der Waals surface area contributed by atoms with Crippen LogP contribution in [0.4, 0.5) is 19.2 Å². The lowest BCUT2D eigenvalue weighted by atomic mass is 9.64. The van der Waals surface area contributed by atoms with Gasteiger partial charge in [-0.2, -0.15) is 4.98 Å². The van der Waals surface area contributed by atoms with Gasteiger partial charge in [0.25, 0.3) is 11.9 Å². The van der Waals surface area contributed by atoms with Crippen molar-refractivity contribution in [2.45, 2.75) is 65.0 Å². The maximum absolute atomic E-state index is 15.4. The van der Waals surface area contributed by atoms with Crippen LogP contribution in [0.2, 0.25) is 0 Å². The second kappa shape index (κ2) is 8.86. The fourth-order valence-corrected chi connectivity index (χ4v) is 5.77. The maximum atomic E-state index is 15.4. The molecule has 36 heavy (non-hydrogen) atoms. The van der Waals surface area contributed by atoms with Gasteiger partial charge in [-0.25, -0.2) is 13.2 Å². The van der Waals surface area contributed by atoms with E-state index in [1.54, 1.807) is 12.1 Å². The minimum Gasteiger partial charge on any atom is -0.423 e. The molecule has 192 valence electrons. The number of alkyl halides is 3. The number of H-pyrrole nitrogens is 1. The Balaban J connectivity index is 1.51. The summed E-state index contributed by atoms with van der Waals surface area (Å²) in [6.07, 6.45) is 0.344. The molecule has 2 aromatic heterocycles. The van der Waals surface area contributed by atoms with E-state index >= 15 is 8.78 Å². The molecule has 4 nitrogen and oxygen atoms in total. The van der Waals surface area contributed by atoms with Crippen molar-refractivity contribution in [2.75, 3.05) is 18.0 Å². The van der Waals surface area contributed by atoms with Gasteiger partial charge in [0.1, 0.15) is 5.52 Å². The molecule has 0 spiro atoms. The molecule has 7 heteroatoms. The van der Waals surface area contributed by atoms with Gasteiger partial charge in [0.05, 0.1) is 11.4 Å². The van der Waals surface area contributed by atoms with Gasteiger partial charge in [-0.3, -0.25) is 0 Å². The standard InChI is InChI=1S/C29H34F3N3O/c1-6-35(7-2)27-34-26-23(36-27)13-12-20-16-22(33-25(20)26)18-8-10-19(11-9-18)24-21(17(3)4)14-15-28(5,30)29(24,31)32/h8-13,16-17,21,24,33H,6-7,14-15H2,1-5H3. The molecule has 0 aliphatic heterocycles. The molecule has 1 aliphatic rings. The smallest absolute Gasteiger partial charge is 0.298 e. The quantitative estimate of drug-likeness (QED) is 0.291. The molecule has 5 rings (SSSR count). The highest BCUT2D eigenvalue weighted by atomic mass is 19.3. The van der Waals surface area contributed by atoms with Gasteiger partial charge < -0.3 is 14.3 Å². The summed E-state index contributed by atoms with van der Waals surface area (Å²) in [7, 11) is 0. The SMILES string of the molecule is CCN(CC)c1nc2c(ccc3cc(-c4ccc(C5C(C(C)C)CCC(C)(F)C5(F)F)cc4)[nH]c32)o1. The van der Waals surface area contributed by atoms with E-state index in [1.165, 1.54) is 0 Å². The van der Waals surface area contributed by atoms with Crippen LogP contribution >= 0.6 is 0 Å². The highest BCUT2D eigenvalue weighted by Crippen LogP contribution is 2.56. The number of hydrogen-bond acceptors (Lipinski definition) is 3. The zero-order valence-corrected chi connectivity index (χ0v) is 21.5. The third kappa shape index (κ3) is 3.87. The summed E-state index contributed by atoms with van der Waals surface area (Å²) < 4.78 is 51.6. The molecule has 0 bridgehead atoms. The number of aromatic amines is 1. The van der Waals surface area contributed by atoms with Gasteiger partial charge in [-0.1, -0.05) is 38.1 Å². The van der Waals surface area contributed by atoms with Gasteiger partial charge in [0.2, 0.25) is 0 Å². The Kier molecular flexibility index (Phi) is 6.08.